The number of benzene rings is 1. The number of hydrogen-bond acceptors (Lipinski definition) is 2. The SMILES string of the molecule is N[C@H](c1ccsc1)c1c(Cl)ccc(Cl)c1F. The largest absolute Gasteiger partial charge is 0.320 e. The molecule has 1 aromatic heterocycles. The highest BCUT2D eigenvalue weighted by Crippen LogP contribution is 2.33. The van der Waals surface area contributed by atoms with Gasteiger partial charge < -0.3 is 5.73 Å². The molecule has 0 aliphatic heterocycles. The molecule has 2 aromatic rings. The lowest BCUT2D eigenvalue weighted by Crippen LogP contribution is -2.13. The van der Waals surface area contributed by atoms with Crippen LogP contribution in [0.5, 0.6) is 0 Å². The molecule has 0 spiro atoms. The smallest absolute Gasteiger partial charge is 0.148 e. The second-order valence-electron chi connectivity index (χ2n) is 3.29. The minimum absolute atomic E-state index is 0.0325. The second-order valence-corrected chi connectivity index (χ2v) is 4.89. The van der Waals surface area contributed by atoms with Crippen molar-refractivity contribution in [3.8, 4) is 0 Å². The van der Waals surface area contributed by atoms with Crippen LogP contribution < -0.4 is 5.73 Å². The van der Waals surface area contributed by atoms with Crippen LogP contribution in [0, 0.1) is 5.82 Å². The van der Waals surface area contributed by atoms with Crippen LogP contribution in [0.2, 0.25) is 10.0 Å². The van der Waals surface area contributed by atoms with E-state index in [0.29, 0.717) is 5.02 Å². The molecule has 1 nitrogen and oxygen atoms in total. The summed E-state index contributed by atoms with van der Waals surface area (Å²) in [7, 11) is 0. The molecule has 1 heterocycles. The molecule has 0 aliphatic carbocycles. The van der Waals surface area contributed by atoms with Crippen LogP contribution in [-0.4, -0.2) is 0 Å². The number of rotatable bonds is 2. The monoisotopic (exact) mass is 275 g/mol. The molecule has 0 saturated carbocycles. The topological polar surface area (TPSA) is 26.0 Å². The van der Waals surface area contributed by atoms with Gasteiger partial charge >= 0.3 is 0 Å². The van der Waals surface area contributed by atoms with Gasteiger partial charge in [-0.05, 0) is 34.5 Å². The third-order valence-electron chi connectivity index (χ3n) is 2.29. The zero-order valence-electron chi connectivity index (χ0n) is 8.08. The first-order valence-corrected chi connectivity index (χ1v) is 6.22. The molecule has 2 N–H and O–H groups in total. The standard InChI is InChI=1S/C11H8Cl2FNS/c12-7-1-2-8(13)10(14)9(7)11(15)6-3-4-16-5-6/h1-5,11H,15H2/t11-/m1/s1. The van der Waals surface area contributed by atoms with E-state index in [1.165, 1.54) is 17.4 Å². The van der Waals surface area contributed by atoms with Gasteiger partial charge in [0.15, 0.2) is 0 Å². The Hall–Kier alpha value is -0.610. The van der Waals surface area contributed by atoms with Gasteiger partial charge in [-0.1, -0.05) is 23.2 Å². The predicted octanol–water partition coefficient (Wildman–Crippen LogP) is 4.24. The fourth-order valence-corrected chi connectivity index (χ4v) is 2.57. The molecule has 0 saturated heterocycles. The van der Waals surface area contributed by atoms with Crippen LogP contribution in [0.15, 0.2) is 29.0 Å². The first-order chi connectivity index (χ1) is 7.61. The van der Waals surface area contributed by atoms with Gasteiger partial charge in [0, 0.05) is 10.6 Å². The summed E-state index contributed by atoms with van der Waals surface area (Å²) in [6.45, 7) is 0. The summed E-state index contributed by atoms with van der Waals surface area (Å²) in [5.41, 5.74) is 7.02. The first kappa shape index (κ1) is 11.9. The highest BCUT2D eigenvalue weighted by atomic mass is 35.5. The average molecular weight is 276 g/mol. The first-order valence-electron chi connectivity index (χ1n) is 4.52. The lowest BCUT2D eigenvalue weighted by atomic mass is 10.0. The Bertz CT molecular complexity index is 499. The molecular formula is C11H8Cl2FNS. The van der Waals surface area contributed by atoms with E-state index in [2.05, 4.69) is 0 Å². The van der Waals surface area contributed by atoms with Crippen molar-refractivity contribution in [1.82, 2.24) is 0 Å². The van der Waals surface area contributed by atoms with Crippen LogP contribution in [0.4, 0.5) is 4.39 Å². The molecule has 84 valence electrons. The summed E-state index contributed by atoms with van der Waals surface area (Å²) in [6, 6.07) is 4.22. The summed E-state index contributed by atoms with van der Waals surface area (Å²) in [4.78, 5) is 0. The maximum Gasteiger partial charge on any atom is 0.148 e. The number of halogens is 3. The number of nitrogens with two attached hydrogens (primary N) is 1. The molecule has 1 aromatic carbocycles. The van der Waals surface area contributed by atoms with Crippen molar-refractivity contribution in [1.29, 1.82) is 0 Å². The van der Waals surface area contributed by atoms with Crippen molar-refractivity contribution in [2.45, 2.75) is 6.04 Å². The predicted molar refractivity (Wildman–Crippen MR) is 66.8 cm³/mol. The van der Waals surface area contributed by atoms with Crippen molar-refractivity contribution in [3.05, 3.63) is 55.9 Å². The van der Waals surface area contributed by atoms with Crippen molar-refractivity contribution < 1.29 is 4.39 Å². The van der Waals surface area contributed by atoms with Crippen LogP contribution in [0.25, 0.3) is 0 Å². The second kappa shape index (κ2) is 4.72. The Morgan fingerprint density at radius 1 is 1.19 bits per heavy atom. The summed E-state index contributed by atoms with van der Waals surface area (Å²) < 4.78 is 13.8. The summed E-state index contributed by atoms with van der Waals surface area (Å²) >= 11 is 13.1. The molecule has 0 amide bonds. The molecule has 16 heavy (non-hydrogen) atoms. The highest BCUT2D eigenvalue weighted by molar-refractivity contribution is 7.08. The third-order valence-corrected chi connectivity index (χ3v) is 3.62. The van der Waals surface area contributed by atoms with Gasteiger partial charge in [-0.2, -0.15) is 11.3 Å². The molecule has 0 fully saturated rings. The van der Waals surface area contributed by atoms with Crippen molar-refractivity contribution in [2.24, 2.45) is 5.73 Å². The van der Waals surface area contributed by atoms with Crippen LogP contribution in [0.3, 0.4) is 0 Å². The van der Waals surface area contributed by atoms with Gasteiger partial charge in [-0.25, -0.2) is 4.39 Å². The average Bonchev–Trinajstić information content (AvgIpc) is 2.77. The van der Waals surface area contributed by atoms with E-state index in [9.17, 15) is 4.39 Å². The van der Waals surface area contributed by atoms with Gasteiger partial charge in [0.2, 0.25) is 0 Å². The highest BCUT2D eigenvalue weighted by Gasteiger charge is 2.19. The summed E-state index contributed by atoms with van der Waals surface area (Å²) in [5.74, 6) is -0.548. The molecule has 0 aliphatic rings. The molecular weight excluding hydrogens is 268 g/mol. The molecule has 0 radical (unpaired) electrons. The normalized spacial score (nSPS) is 12.8. The van der Waals surface area contributed by atoms with Gasteiger partial charge in [-0.3, -0.25) is 0 Å². The van der Waals surface area contributed by atoms with E-state index in [1.807, 2.05) is 16.8 Å². The quantitative estimate of drug-likeness (QED) is 0.815. The van der Waals surface area contributed by atoms with Crippen LogP contribution in [-0.2, 0) is 0 Å². The maximum absolute atomic E-state index is 13.8. The van der Waals surface area contributed by atoms with Crippen molar-refractivity contribution in [2.75, 3.05) is 0 Å². The Morgan fingerprint density at radius 3 is 2.50 bits per heavy atom. The zero-order chi connectivity index (χ0) is 11.7. The summed E-state index contributed by atoms with van der Waals surface area (Å²) in [5, 5.41) is 4.07. The Kier molecular flexibility index (Phi) is 3.50. The molecule has 5 heteroatoms. The minimum Gasteiger partial charge on any atom is -0.320 e. The van der Waals surface area contributed by atoms with Gasteiger partial charge in [0.05, 0.1) is 11.1 Å². The third kappa shape index (κ3) is 2.09. The number of hydrogen-bond donors (Lipinski definition) is 1. The Labute approximate surface area is 107 Å². The minimum atomic E-state index is -0.586. The molecule has 2 rings (SSSR count). The van der Waals surface area contributed by atoms with E-state index < -0.39 is 11.9 Å². The zero-order valence-corrected chi connectivity index (χ0v) is 10.4. The van der Waals surface area contributed by atoms with E-state index in [4.69, 9.17) is 28.9 Å². The van der Waals surface area contributed by atoms with E-state index in [1.54, 1.807) is 6.07 Å². The van der Waals surface area contributed by atoms with E-state index >= 15 is 0 Å². The Balaban J connectivity index is 2.52. The van der Waals surface area contributed by atoms with Gasteiger partial charge in [0.1, 0.15) is 5.82 Å². The fraction of sp³-hybridized carbons (Fsp3) is 0.0909. The summed E-state index contributed by atoms with van der Waals surface area (Å²) in [6.07, 6.45) is 0. The van der Waals surface area contributed by atoms with E-state index in [-0.39, 0.29) is 10.6 Å². The molecule has 1 atom stereocenters. The number of thiophene rings is 1. The van der Waals surface area contributed by atoms with Crippen LogP contribution >= 0.6 is 34.5 Å². The Morgan fingerprint density at radius 2 is 1.88 bits per heavy atom. The maximum atomic E-state index is 13.8. The van der Waals surface area contributed by atoms with Crippen molar-refractivity contribution in [3.63, 3.8) is 0 Å². The lowest BCUT2D eigenvalue weighted by molar-refractivity contribution is 0.600. The molecule has 0 unspecified atom stereocenters. The van der Waals surface area contributed by atoms with Crippen molar-refractivity contribution >= 4 is 34.5 Å². The van der Waals surface area contributed by atoms with Gasteiger partial charge in [0.25, 0.3) is 0 Å². The lowest BCUT2D eigenvalue weighted by Gasteiger charge is -2.14. The molecule has 0 bridgehead atoms. The van der Waals surface area contributed by atoms with Crippen LogP contribution in [0.1, 0.15) is 17.2 Å². The fourth-order valence-electron chi connectivity index (χ4n) is 1.45. The van der Waals surface area contributed by atoms with E-state index in [0.717, 1.165) is 5.56 Å². The van der Waals surface area contributed by atoms with Gasteiger partial charge in [-0.15, -0.1) is 0 Å².